The van der Waals surface area contributed by atoms with Gasteiger partial charge >= 0.3 is 0 Å². The summed E-state index contributed by atoms with van der Waals surface area (Å²) >= 11 is 0. The van der Waals surface area contributed by atoms with Gasteiger partial charge in [-0.15, -0.1) is 24.0 Å². The predicted octanol–water partition coefficient (Wildman–Crippen LogP) is 2.66. The van der Waals surface area contributed by atoms with Crippen LogP contribution in [0.2, 0.25) is 0 Å². The molecule has 0 amide bonds. The van der Waals surface area contributed by atoms with Crippen LogP contribution in [-0.4, -0.2) is 18.0 Å². The van der Waals surface area contributed by atoms with Gasteiger partial charge in [0.1, 0.15) is 0 Å². The Balaban J connectivity index is 0.00000120. The SMILES string of the molecule is I.c1ccc(CN=C(NC2CC2)NC2CC2)cc1. The molecule has 3 rings (SSSR count). The highest BCUT2D eigenvalue weighted by atomic mass is 127. The van der Waals surface area contributed by atoms with Crippen LogP contribution in [0.5, 0.6) is 0 Å². The minimum absolute atomic E-state index is 0. The van der Waals surface area contributed by atoms with Gasteiger partial charge in [-0.05, 0) is 31.2 Å². The molecule has 0 saturated heterocycles. The monoisotopic (exact) mass is 357 g/mol. The summed E-state index contributed by atoms with van der Waals surface area (Å²) < 4.78 is 0. The Morgan fingerprint density at radius 3 is 2.06 bits per heavy atom. The van der Waals surface area contributed by atoms with E-state index >= 15 is 0 Å². The third-order valence-electron chi connectivity index (χ3n) is 3.10. The van der Waals surface area contributed by atoms with Crippen molar-refractivity contribution in [2.75, 3.05) is 0 Å². The molecule has 1 aromatic rings. The van der Waals surface area contributed by atoms with Crippen molar-refractivity contribution in [3.63, 3.8) is 0 Å². The van der Waals surface area contributed by atoms with E-state index in [1.807, 2.05) is 6.07 Å². The van der Waals surface area contributed by atoms with E-state index in [4.69, 9.17) is 0 Å². The molecule has 98 valence electrons. The molecule has 18 heavy (non-hydrogen) atoms. The highest BCUT2D eigenvalue weighted by Crippen LogP contribution is 2.21. The Morgan fingerprint density at radius 1 is 1.00 bits per heavy atom. The van der Waals surface area contributed by atoms with Crippen LogP contribution >= 0.6 is 24.0 Å². The van der Waals surface area contributed by atoms with E-state index in [0.29, 0.717) is 12.1 Å². The van der Waals surface area contributed by atoms with E-state index in [2.05, 4.69) is 39.9 Å². The molecule has 0 bridgehead atoms. The molecule has 0 aliphatic heterocycles. The van der Waals surface area contributed by atoms with Crippen LogP contribution in [0.1, 0.15) is 31.2 Å². The Labute approximate surface area is 125 Å². The Hall–Kier alpha value is -0.780. The summed E-state index contributed by atoms with van der Waals surface area (Å²) in [6, 6.07) is 11.7. The van der Waals surface area contributed by atoms with E-state index in [1.165, 1.54) is 31.2 Å². The van der Waals surface area contributed by atoms with Crippen LogP contribution in [0.15, 0.2) is 35.3 Å². The van der Waals surface area contributed by atoms with Gasteiger partial charge in [-0.3, -0.25) is 0 Å². The highest BCUT2D eigenvalue weighted by Gasteiger charge is 2.26. The van der Waals surface area contributed by atoms with Crippen LogP contribution in [0.4, 0.5) is 0 Å². The Morgan fingerprint density at radius 2 is 1.56 bits per heavy atom. The zero-order valence-electron chi connectivity index (χ0n) is 10.4. The van der Waals surface area contributed by atoms with Crippen LogP contribution in [0.25, 0.3) is 0 Å². The summed E-state index contributed by atoms with van der Waals surface area (Å²) in [5.41, 5.74) is 1.26. The average molecular weight is 357 g/mol. The maximum absolute atomic E-state index is 4.65. The molecule has 0 radical (unpaired) electrons. The third kappa shape index (κ3) is 4.48. The van der Waals surface area contributed by atoms with Gasteiger partial charge in [-0.2, -0.15) is 0 Å². The number of halogens is 1. The van der Waals surface area contributed by atoms with Crippen molar-refractivity contribution < 1.29 is 0 Å². The lowest BCUT2D eigenvalue weighted by Gasteiger charge is -2.11. The zero-order chi connectivity index (χ0) is 11.5. The summed E-state index contributed by atoms with van der Waals surface area (Å²) in [7, 11) is 0. The third-order valence-corrected chi connectivity index (χ3v) is 3.10. The summed E-state index contributed by atoms with van der Waals surface area (Å²) in [5.74, 6) is 0.999. The highest BCUT2D eigenvalue weighted by molar-refractivity contribution is 14.0. The molecule has 3 nitrogen and oxygen atoms in total. The summed E-state index contributed by atoms with van der Waals surface area (Å²) in [6.07, 6.45) is 5.15. The summed E-state index contributed by atoms with van der Waals surface area (Å²) in [5, 5.41) is 6.94. The van der Waals surface area contributed by atoms with E-state index < -0.39 is 0 Å². The van der Waals surface area contributed by atoms with Crippen LogP contribution in [0.3, 0.4) is 0 Å². The fourth-order valence-electron chi connectivity index (χ4n) is 1.73. The molecule has 2 N–H and O–H groups in total. The predicted molar refractivity (Wildman–Crippen MR) is 85.3 cm³/mol. The van der Waals surface area contributed by atoms with Gasteiger partial charge in [-0.1, -0.05) is 30.3 Å². The number of nitrogens with zero attached hydrogens (tertiary/aromatic N) is 1. The smallest absolute Gasteiger partial charge is 0.192 e. The second-order valence-electron chi connectivity index (χ2n) is 4.99. The molecule has 0 spiro atoms. The Bertz CT molecular complexity index is 381. The molecule has 4 heteroatoms. The number of hydrogen-bond acceptors (Lipinski definition) is 1. The lowest BCUT2D eigenvalue weighted by Crippen LogP contribution is -2.39. The van der Waals surface area contributed by atoms with Crippen molar-refractivity contribution >= 4 is 29.9 Å². The van der Waals surface area contributed by atoms with Crippen molar-refractivity contribution in [3.05, 3.63) is 35.9 Å². The normalized spacial score (nSPS) is 17.6. The van der Waals surface area contributed by atoms with Crippen LogP contribution < -0.4 is 10.6 Å². The zero-order valence-corrected chi connectivity index (χ0v) is 12.8. The second-order valence-corrected chi connectivity index (χ2v) is 4.99. The molecule has 0 aromatic heterocycles. The largest absolute Gasteiger partial charge is 0.354 e. The van der Waals surface area contributed by atoms with E-state index in [1.54, 1.807) is 0 Å². The molecule has 2 aliphatic carbocycles. The Kier molecular flexibility index (Phi) is 4.86. The molecule has 1 aromatic carbocycles. The minimum Gasteiger partial charge on any atom is -0.354 e. The van der Waals surface area contributed by atoms with Gasteiger partial charge in [-0.25, -0.2) is 4.99 Å². The first-order valence-corrected chi connectivity index (χ1v) is 6.51. The van der Waals surface area contributed by atoms with Crippen molar-refractivity contribution in [1.82, 2.24) is 10.6 Å². The number of nitrogens with one attached hydrogen (secondary N) is 2. The first-order chi connectivity index (χ1) is 8.40. The first kappa shape index (κ1) is 13.6. The van der Waals surface area contributed by atoms with E-state index in [9.17, 15) is 0 Å². The average Bonchev–Trinajstić information content (AvgIpc) is 3.23. The van der Waals surface area contributed by atoms with E-state index in [-0.39, 0.29) is 24.0 Å². The van der Waals surface area contributed by atoms with E-state index in [0.717, 1.165) is 12.5 Å². The molecule has 2 fully saturated rings. The number of hydrogen-bond donors (Lipinski definition) is 2. The quantitative estimate of drug-likeness (QED) is 0.494. The van der Waals surface area contributed by atoms with Gasteiger partial charge in [0.25, 0.3) is 0 Å². The fraction of sp³-hybridized carbons (Fsp3) is 0.500. The van der Waals surface area contributed by atoms with Gasteiger partial charge in [0.2, 0.25) is 0 Å². The maximum Gasteiger partial charge on any atom is 0.192 e. The van der Waals surface area contributed by atoms with Crippen molar-refractivity contribution in [2.24, 2.45) is 4.99 Å². The molecule has 2 aliphatic rings. The summed E-state index contributed by atoms with van der Waals surface area (Å²) in [4.78, 5) is 4.65. The number of guanidine groups is 1. The van der Waals surface area contributed by atoms with Gasteiger partial charge in [0.15, 0.2) is 5.96 Å². The lowest BCUT2D eigenvalue weighted by molar-refractivity contribution is 0.790. The number of aliphatic imine (C=N–C) groups is 1. The number of rotatable bonds is 4. The molecule has 2 saturated carbocycles. The van der Waals surface area contributed by atoms with Crippen LogP contribution in [-0.2, 0) is 6.54 Å². The van der Waals surface area contributed by atoms with Crippen LogP contribution in [0, 0.1) is 0 Å². The fourth-order valence-corrected chi connectivity index (χ4v) is 1.73. The molecule has 0 unspecified atom stereocenters. The standard InChI is InChI=1S/C14H19N3.HI/c1-2-4-11(5-3-1)10-15-14(16-12-6-7-12)17-13-8-9-13;/h1-5,12-13H,6-10H2,(H2,15,16,17);1H. The molecular weight excluding hydrogens is 337 g/mol. The first-order valence-electron chi connectivity index (χ1n) is 6.51. The van der Waals surface area contributed by atoms with Gasteiger partial charge in [0, 0.05) is 12.1 Å². The van der Waals surface area contributed by atoms with Gasteiger partial charge < -0.3 is 10.6 Å². The van der Waals surface area contributed by atoms with Gasteiger partial charge in [0.05, 0.1) is 6.54 Å². The van der Waals surface area contributed by atoms with Crippen molar-refractivity contribution in [2.45, 2.75) is 44.3 Å². The topological polar surface area (TPSA) is 36.4 Å². The summed E-state index contributed by atoms with van der Waals surface area (Å²) in [6.45, 7) is 0.760. The van der Waals surface area contributed by atoms with Crippen molar-refractivity contribution in [3.8, 4) is 0 Å². The maximum atomic E-state index is 4.65. The number of benzene rings is 1. The molecular formula is C14H20IN3. The minimum atomic E-state index is 0. The molecule has 0 heterocycles. The lowest BCUT2D eigenvalue weighted by atomic mass is 10.2. The van der Waals surface area contributed by atoms with Crippen molar-refractivity contribution in [1.29, 1.82) is 0 Å². The molecule has 0 atom stereocenters. The second kappa shape index (κ2) is 6.41.